The normalized spacial score (nSPS) is 14.9. The summed E-state index contributed by atoms with van der Waals surface area (Å²) in [5.74, 6) is 1.67. The van der Waals surface area contributed by atoms with Gasteiger partial charge in [0.05, 0.1) is 5.75 Å². The molecular formula is C21H25N5OS. The number of aryl methyl sites for hydroxylation is 1. The van der Waals surface area contributed by atoms with Crippen LogP contribution in [0, 0.1) is 6.92 Å². The molecule has 1 N–H and O–H groups in total. The Kier molecular flexibility index (Phi) is 5.81. The molecule has 28 heavy (non-hydrogen) atoms. The molecule has 0 saturated heterocycles. The number of nitrogens with zero attached hydrogens (tertiary/aromatic N) is 4. The summed E-state index contributed by atoms with van der Waals surface area (Å²) in [6.07, 6.45) is 10.1. The van der Waals surface area contributed by atoms with Crippen molar-refractivity contribution >= 4 is 23.4 Å². The summed E-state index contributed by atoms with van der Waals surface area (Å²) in [4.78, 5) is 12.4. The standard InChI is InChI=1S/C21H25N5OS/c1-16-9-11-18(12-10-16)22-19(27)15-28-21-24-23-20(17-7-3-2-4-8-17)26(21)25-13-5-6-14-25/h5-6,9-14,17H,2-4,7-8,15H2,1H3,(H,22,27). The molecule has 7 heteroatoms. The van der Waals surface area contributed by atoms with E-state index in [1.165, 1.54) is 36.6 Å². The molecule has 6 nitrogen and oxygen atoms in total. The first kappa shape index (κ1) is 18.8. The van der Waals surface area contributed by atoms with Crippen LogP contribution in [-0.4, -0.2) is 31.2 Å². The predicted molar refractivity (Wildman–Crippen MR) is 112 cm³/mol. The van der Waals surface area contributed by atoms with Gasteiger partial charge >= 0.3 is 0 Å². The summed E-state index contributed by atoms with van der Waals surface area (Å²) in [7, 11) is 0. The highest BCUT2D eigenvalue weighted by Crippen LogP contribution is 2.33. The summed E-state index contributed by atoms with van der Waals surface area (Å²) < 4.78 is 4.06. The minimum Gasteiger partial charge on any atom is -0.325 e. The van der Waals surface area contributed by atoms with Crippen LogP contribution in [0.2, 0.25) is 0 Å². The van der Waals surface area contributed by atoms with Crippen LogP contribution in [0.15, 0.2) is 53.9 Å². The van der Waals surface area contributed by atoms with Crippen molar-refractivity contribution in [1.29, 1.82) is 0 Å². The second kappa shape index (κ2) is 8.65. The molecule has 2 aromatic heterocycles. The molecule has 0 aliphatic heterocycles. The van der Waals surface area contributed by atoms with E-state index in [9.17, 15) is 4.79 Å². The molecule has 1 aliphatic carbocycles. The Morgan fingerprint density at radius 3 is 2.54 bits per heavy atom. The van der Waals surface area contributed by atoms with Crippen molar-refractivity contribution in [1.82, 2.24) is 19.5 Å². The summed E-state index contributed by atoms with van der Waals surface area (Å²) in [6.45, 7) is 2.03. The lowest BCUT2D eigenvalue weighted by atomic mass is 9.89. The average molecular weight is 396 g/mol. The van der Waals surface area contributed by atoms with Gasteiger partial charge in [0.2, 0.25) is 11.1 Å². The maximum atomic E-state index is 12.4. The molecule has 3 aromatic rings. The second-order valence-corrected chi connectivity index (χ2v) is 8.20. The van der Waals surface area contributed by atoms with E-state index in [0.717, 1.165) is 29.5 Å². The molecule has 1 fully saturated rings. The number of nitrogens with one attached hydrogen (secondary N) is 1. The Balaban J connectivity index is 1.48. The molecule has 0 unspecified atom stereocenters. The number of carbonyl (C=O) groups is 1. The number of carbonyl (C=O) groups excluding carboxylic acids is 1. The summed E-state index contributed by atoms with van der Waals surface area (Å²) in [5.41, 5.74) is 1.98. The second-order valence-electron chi connectivity index (χ2n) is 7.25. The van der Waals surface area contributed by atoms with Crippen molar-refractivity contribution in [3.8, 4) is 0 Å². The zero-order valence-corrected chi connectivity index (χ0v) is 16.9. The van der Waals surface area contributed by atoms with E-state index in [1.54, 1.807) is 0 Å². The fourth-order valence-electron chi connectivity index (χ4n) is 3.62. The van der Waals surface area contributed by atoms with Crippen LogP contribution < -0.4 is 5.32 Å². The first-order chi connectivity index (χ1) is 13.7. The lowest BCUT2D eigenvalue weighted by Crippen LogP contribution is -2.18. The van der Waals surface area contributed by atoms with E-state index in [1.807, 2.05) is 60.4 Å². The van der Waals surface area contributed by atoms with Gasteiger partial charge in [-0.1, -0.05) is 48.7 Å². The molecule has 4 rings (SSSR count). The van der Waals surface area contributed by atoms with Crippen molar-refractivity contribution in [2.24, 2.45) is 0 Å². The quantitative estimate of drug-likeness (QED) is 0.625. The van der Waals surface area contributed by atoms with Crippen molar-refractivity contribution in [3.63, 3.8) is 0 Å². The highest BCUT2D eigenvalue weighted by molar-refractivity contribution is 7.99. The summed E-state index contributed by atoms with van der Waals surface area (Å²) in [5, 5.41) is 12.6. The van der Waals surface area contributed by atoms with Gasteiger partial charge in [0.1, 0.15) is 0 Å². The zero-order valence-electron chi connectivity index (χ0n) is 16.0. The fraction of sp³-hybridized carbons (Fsp3) is 0.381. The number of aromatic nitrogens is 4. The van der Waals surface area contributed by atoms with Crippen LogP contribution in [0.4, 0.5) is 5.69 Å². The van der Waals surface area contributed by atoms with Gasteiger partial charge in [0, 0.05) is 24.0 Å². The lowest BCUT2D eigenvalue weighted by molar-refractivity contribution is -0.113. The monoisotopic (exact) mass is 395 g/mol. The maximum Gasteiger partial charge on any atom is 0.234 e. The summed E-state index contributed by atoms with van der Waals surface area (Å²) >= 11 is 1.42. The topological polar surface area (TPSA) is 64.7 Å². The Morgan fingerprint density at radius 1 is 1.11 bits per heavy atom. The van der Waals surface area contributed by atoms with Crippen LogP contribution in [0.3, 0.4) is 0 Å². The number of anilines is 1. The van der Waals surface area contributed by atoms with Gasteiger partial charge in [0.15, 0.2) is 5.82 Å². The van der Waals surface area contributed by atoms with E-state index >= 15 is 0 Å². The molecule has 1 aromatic carbocycles. The number of hydrogen-bond acceptors (Lipinski definition) is 4. The average Bonchev–Trinajstić information content (AvgIpc) is 3.38. The van der Waals surface area contributed by atoms with Gasteiger partial charge in [-0.2, -0.15) is 0 Å². The third-order valence-corrected chi connectivity index (χ3v) is 6.01. The van der Waals surface area contributed by atoms with Crippen LogP contribution in [-0.2, 0) is 4.79 Å². The van der Waals surface area contributed by atoms with Crippen molar-refractivity contribution in [2.75, 3.05) is 11.1 Å². The predicted octanol–water partition coefficient (Wildman–Crippen LogP) is 4.48. The number of thioether (sulfide) groups is 1. The Bertz CT molecular complexity index is 911. The number of amides is 1. The SMILES string of the molecule is Cc1ccc(NC(=O)CSc2nnc(C3CCCCC3)n2-n2cccc2)cc1. The lowest BCUT2D eigenvalue weighted by Gasteiger charge is -2.22. The smallest absolute Gasteiger partial charge is 0.234 e. The van der Waals surface area contributed by atoms with E-state index in [2.05, 4.69) is 20.2 Å². The molecule has 1 saturated carbocycles. The molecular weight excluding hydrogens is 370 g/mol. The summed E-state index contributed by atoms with van der Waals surface area (Å²) in [6, 6.07) is 11.8. The highest BCUT2D eigenvalue weighted by atomic mass is 32.2. The number of rotatable bonds is 6. The molecule has 1 amide bonds. The van der Waals surface area contributed by atoms with Crippen molar-refractivity contribution < 1.29 is 4.79 Å². The largest absolute Gasteiger partial charge is 0.325 e. The first-order valence-corrected chi connectivity index (χ1v) is 10.8. The third kappa shape index (κ3) is 4.30. The van der Waals surface area contributed by atoms with Gasteiger partial charge in [-0.15, -0.1) is 10.2 Å². The van der Waals surface area contributed by atoms with E-state index in [4.69, 9.17) is 0 Å². The van der Waals surface area contributed by atoms with Gasteiger partial charge < -0.3 is 5.32 Å². The van der Waals surface area contributed by atoms with E-state index in [-0.39, 0.29) is 11.7 Å². The van der Waals surface area contributed by atoms with Gasteiger partial charge in [0.25, 0.3) is 0 Å². The molecule has 1 aliphatic rings. The minimum atomic E-state index is -0.0462. The van der Waals surface area contributed by atoms with Crippen LogP contribution in [0.25, 0.3) is 0 Å². The van der Waals surface area contributed by atoms with Crippen LogP contribution in [0.5, 0.6) is 0 Å². The fourth-order valence-corrected chi connectivity index (χ4v) is 4.36. The van der Waals surface area contributed by atoms with Crippen LogP contribution >= 0.6 is 11.8 Å². The van der Waals surface area contributed by atoms with Crippen LogP contribution in [0.1, 0.15) is 49.4 Å². The van der Waals surface area contributed by atoms with Crippen molar-refractivity contribution in [2.45, 2.75) is 50.1 Å². The van der Waals surface area contributed by atoms with E-state index < -0.39 is 0 Å². The Morgan fingerprint density at radius 2 is 1.82 bits per heavy atom. The van der Waals surface area contributed by atoms with Crippen molar-refractivity contribution in [3.05, 3.63) is 60.2 Å². The van der Waals surface area contributed by atoms with E-state index in [0.29, 0.717) is 5.92 Å². The minimum absolute atomic E-state index is 0.0462. The number of benzene rings is 1. The maximum absolute atomic E-state index is 12.4. The van der Waals surface area contributed by atoms with Gasteiger partial charge in [-0.05, 0) is 44.0 Å². The molecule has 0 radical (unpaired) electrons. The zero-order chi connectivity index (χ0) is 19.3. The Labute approximate surface area is 169 Å². The molecule has 2 heterocycles. The Hall–Kier alpha value is -2.54. The molecule has 0 spiro atoms. The number of hydrogen-bond donors (Lipinski definition) is 1. The third-order valence-electron chi connectivity index (χ3n) is 5.09. The van der Waals surface area contributed by atoms with Gasteiger partial charge in [-0.25, -0.2) is 4.68 Å². The highest BCUT2D eigenvalue weighted by Gasteiger charge is 2.24. The molecule has 0 atom stereocenters. The molecule has 0 bridgehead atoms. The first-order valence-electron chi connectivity index (χ1n) is 9.79. The van der Waals surface area contributed by atoms with Gasteiger partial charge in [-0.3, -0.25) is 9.47 Å². The molecule has 146 valence electrons.